The van der Waals surface area contributed by atoms with E-state index in [1.807, 2.05) is 0 Å². The lowest BCUT2D eigenvalue weighted by molar-refractivity contribution is 0.361. The summed E-state index contributed by atoms with van der Waals surface area (Å²) in [5.74, 6) is 0.243. The summed E-state index contributed by atoms with van der Waals surface area (Å²) in [5, 5.41) is 9.70. The van der Waals surface area contributed by atoms with E-state index in [4.69, 9.17) is 10.5 Å². The van der Waals surface area contributed by atoms with Crippen LogP contribution in [-0.2, 0) is 0 Å². The van der Waals surface area contributed by atoms with Crippen molar-refractivity contribution < 1.29 is 14.2 Å². The van der Waals surface area contributed by atoms with Gasteiger partial charge in [-0.1, -0.05) is 6.07 Å². The molecule has 14 heavy (non-hydrogen) atoms. The Labute approximate surface area is 82.3 Å². The van der Waals surface area contributed by atoms with Crippen LogP contribution in [0, 0.1) is 6.92 Å². The number of aromatic hydroxyl groups is 1. The number of phenolic OH excluding ortho intramolecular Hbond substituents is 1. The van der Waals surface area contributed by atoms with Gasteiger partial charge >= 0.3 is 0 Å². The lowest BCUT2D eigenvalue weighted by atomic mass is 10.0. The first-order valence-electron chi connectivity index (χ1n) is 4.29. The first-order valence-corrected chi connectivity index (χ1v) is 4.29. The van der Waals surface area contributed by atoms with Crippen LogP contribution in [0.15, 0.2) is 12.1 Å². The molecule has 0 fully saturated rings. The van der Waals surface area contributed by atoms with Gasteiger partial charge in [-0.25, -0.2) is 4.39 Å². The van der Waals surface area contributed by atoms with Crippen LogP contribution in [0.3, 0.4) is 0 Å². The van der Waals surface area contributed by atoms with Gasteiger partial charge in [-0.05, 0) is 18.6 Å². The summed E-state index contributed by atoms with van der Waals surface area (Å²) in [6.45, 7) is 1.06. The number of alkyl halides is 1. The predicted molar refractivity (Wildman–Crippen MR) is 52.3 cm³/mol. The van der Waals surface area contributed by atoms with E-state index in [2.05, 4.69) is 0 Å². The van der Waals surface area contributed by atoms with E-state index in [0.29, 0.717) is 11.3 Å². The summed E-state index contributed by atoms with van der Waals surface area (Å²) in [5.41, 5.74) is 6.70. The molecule has 0 saturated carbocycles. The molecule has 1 atom stereocenters. The molecule has 1 rings (SSSR count). The zero-order chi connectivity index (χ0) is 10.7. The average Bonchev–Trinajstić information content (AvgIpc) is 2.18. The number of hydrogen-bond acceptors (Lipinski definition) is 3. The van der Waals surface area contributed by atoms with Gasteiger partial charge in [0, 0.05) is 5.56 Å². The number of aryl methyl sites for hydroxylation is 1. The van der Waals surface area contributed by atoms with Gasteiger partial charge in [0.2, 0.25) is 0 Å². The molecule has 0 aliphatic carbocycles. The van der Waals surface area contributed by atoms with E-state index in [0.717, 1.165) is 5.56 Å². The lowest BCUT2D eigenvalue weighted by Gasteiger charge is -2.15. The van der Waals surface area contributed by atoms with Crippen molar-refractivity contribution >= 4 is 0 Å². The lowest BCUT2D eigenvalue weighted by Crippen LogP contribution is -2.14. The molecule has 0 saturated heterocycles. The second-order valence-corrected chi connectivity index (χ2v) is 3.11. The minimum Gasteiger partial charge on any atom is -0.504 e. The highest BCUT2D eigenvalue weighted by Crippen LogP contribution is 2.35. The monoisotopic (exact) mass is 199 g/mol. The Morgan fingerprint density at radius 1 is 1.57 bits per heavy atom. The Hall–Kier alpha value is -1.29. The van der Waals surface area contributed by atoms with Gasteiger partial charge in [0.15, 0.2) is 11.5 Å². The van der Waals surface area contributed by atoms with Gasteiger partial charge in [-0.2, -0.15) is 0 Å². The van der Waals surface area contributed by atoms with Crippen LogP contribution in [-0.4, -0.2) is 18.9 Å². The van der Waals surface area contributed by atoms with E-state index >= 15 is 0 Å². The average molecular weight is 199 g/mol. The molecule has 0 amide bonds. The highest BCUT2D eigenvalue weighted by Gasteiger charge is 2.16. The number of ether oxygens (including phenoxy) is 1. The third-order valence-electron chi connectivity index (χ3n) is 2.16. The SMILES string of the molecule is COc1ccc(C)c([C@H](N)CF)c1O. The predicted octanol–water partition coefficient (Wildman–Crippen LogP) is 1.68. The van der Waals surface area contributed by atoms with Crippen molar-refractivity contribution in [3.8, 4) is 11.5 Å². The zero-order valence-electron chi connectivity index (χ0n) is 8.25. The van der Waals surface area contributed by atoms with Crippen molar-refractivity contribution in [2.75, 3.05) is 13.8 Å². The molecule has 0 aliphatic rings. The fraction of sp³-hybridized carbons (Fsp3) is 0.400. The maximum Gasteiger partial charge on any atom is 0.162 e. The summed E-state index contributed by atoms with van der Waals surface area (Å²) >= 11 is 0. The van der Waals surface area contributed by atoms with E-state index < -0.39 is 12.7 Å². The first-order chi connectivity index (χ1) is 6.61. The Morgan fingerprint density at radius 2 is 2.21 bits per heavy atom. The highest BCUT2D eigenvalue weighted by atomic mass is 19.1. The number of nitrogens with two attached hydrogens (primary N) is 1. The van der Waals surface area contributed by atoms with Crippen LogP contribution in [0.4, 0.5) is 4.39 Å². The third kappa shape index (κ3) is 1.80. The number of benzene rings is 1. The molecule has 1 aromatic rings. The van der Waals surface area contributed by atoms with Crippen molar-refractivity contribution in [1.82, 2.24) is 0 Å². The molecular weight excluding hydrogens is 185 g/mol. The molecule has 78 valence electrons. The summed E-state index contributed by atoms with van der Waals surface area (Å²) in [7, 11) is 1.44. The van der Waals surface area contributed by atoms with Crippen LogP contribution in [0.5, 0.6) is 11.5 Å². The quantitative estimate of drug-likeness (QED) is 0.778. The molecule has 0 unspecified atom stereocenters. The van der Waals surface area contributed by atoms with E-state index in [-0.39, 0.29) is 5.75 Å². The number of hydrogen-bond donors (Lipinski definition) is 2. The fourth-order valence-electron chi connectivity index (χ4n) is 1.40. The second-order valence-electron chi connectivity index (χ2n) is 3.11. The molecule has 3 N–H and O–H groups in total. The first kappa shape index (κ1) is 10.8. The summed E-state index contributed by atoms with van der Waals surface area (Å²) in [6, 6.07) is 2.56. The summed E-state index contributed by atoms with van der Waals surface area (Å²) in [6.07, 6.45) is 0. The molecule has 0 spiro atoms. The largest absolute Gasteiger partial charge is 0.504 e. The molecular formula is C10H14FNO2. The zero-order valence-corrected chi connectivity index (χ0v) is 8.25. The Kier molecular flexibility index (Phi) is 3.30. The molecule has 4 heteroatoms. The van der Waals surface area contributed by atoms with Gasteiger partial charge < -0.3 is 15.6 Å². The number of methoxy groups -OCH3 is 1. The molecule has 0 bridgehead atoms. The molecule has 1 aromatic carbocycles. The summed E-state index contributed by atoms with van der Waals surface area (Å²) in [4.78, 5) is 0. The maximum atomic E-state index is 12.4. The van der Waals surface area contributed by atoms with Crippen LogP contribution >= 0.6 is 0 Å². The number of rotatable bonds is 3. The molecule has 0 heterocycles. The number of halogens is 1. The fourth-order valence-corrected chi connectivity index (χ4v) is 1.40. The van der Waals surface area contributed by atoms with Gasteiger partial charge in [-0.15, -0.1) is 0 Å². The van der Waals surface area contributed by atoms with Crippen molar-refractivity contribution in [2.45, 2.75) is 13.0 Å². The molecule has 0 aromatic heterocycles. The molecule has 3 nitrogen and oxygen atoms in total. The Morgan fingerprint density at radius 3 is 2.71 bits per heavy atom. The normalized spacial score (nSPS) is 12.6. The van der Waals surface area contributed by atoms with Gasteiger partial charge in [0.05, 0.1) is 13.2 Å². The molecule has 0 radical (unpaired) electrons. The summed E-state index contributed by atoms with van der Waals surface area (Å²) < 4.78 is 17.3. The van der Waals surface area contributed by atoms with E-state index in [1.54, 1.807) is 19.1 Å². The van der Waals surface area contributed by atoms with Gasteiger partial charge in [-0.3, -0.25) is 0 Å². The minimum atomic E-state index is -0.801. The standard InChI is InChI=1S/C10H14FNO2/c1-6-3-4-8(14-2)10(13)9(6)7(12)5-11/h3-4,7,13H,5,12H2,1-2H3/t7-/m1/s1. The second kappa shape index (κ2) is 4.28. The number of phenols is 1. The van der Waals surface area contributed by atoms with Gasteiger partial charge in [0.1, 0.15) is 6.67 Å². The minimum absolute atomic E-state index is 0.0716. The van der Waals surface area contributed by atoms with Crippen LogP contribution in [0.25, 0.3) is 0 Å². The van der Waals surface area contributed by atoms with Crippen molar-refractivity contribution in [3.05, 3.63) is 23.3 Å². The van der Waals surface area contributed by atoms with Crippen molar-refractivity contribution in [1.29, 1.82) is 0 Å². The third-order valence-corrected chi connectivity index (χ3v) is 2.16. The smallest absolute Gasteiger partial charge is 0.162 e. The van der Waals surface area contributed by atoms with Crippen LogP contribution in [0.2, 0.25) is 0 Å². The van der Waals surface area contributed by atoms with Crippen LogP contribution < -0.4 is 10.5 Å². The van der Waals surface area contributed by atoms with Crippen molar-refractivity contribution in [2.24, 2.45) is 5.73 Å². The van der Waals surface area contributed by atoms with Crippen LogP contribution in [0.1, 0.15) is 17.2 Å². The topological polar surface area (TPSA) is 55.5 Å². The van der Waals surface area contributed by atoms with E-state index in [1.165, 1.54) is 7.11 Å². The Bertz CT molecular complexity index is 328. The van der Waals surface area contributed by atoms with E-state index in [9.17, 15) is 9.50 Å². The van der Waals surface area contributed by atoms with Crippen molar-refractivity contribution in [3.63, 3.8) is 0 Å². The molecule has 0 aliphatic heterocycles. The Balaban J connectivity index is 3.25. The maximum absolute atomic E-state index is 12.4. The highest BCUT2D eigenvalue weighted by molar-refractivity contribution is 5.50. The van der Waals surface area contributed by atoms with Gasteiger partial charge in [0.25, 0.3) is 0 Å².